The smallest absolute Gasteiger partial charge is 0.325 e. The number of aryl methyl sites for hydroxylation is 1. The number of hydrogen-bond acceptors (Lipinski definition) is 5. The highest BCUT2D eigenvalue weighted by Gasteiger charge is 2.37. The predicted octanol–water partition coefficient (Wildman–Crippen LogP) is 5.24. The predicted molar refractivity (Wildman–Crippen MR) is 86.0 cm³/mol. The van der Waals surface area contributed by atoms with Gasteiger partial charge in [-0.05, 0) is 11.8 Å². The van der Waals surface area contributed by atoms with E-state index in [1.165, 1.54) is 11.6 Å². The van der Waals surface area contributed by atoms with Gasteiger partial charge in [0.2, 0.25) is 0 Å². The van der Waals surface area contributed by atoms with Crippen LogP contribution in [0, 0.1) is 0 Å². The van der Waals surface area contributed by atoms with Crippen LogP contribution >= 0.6 is 23.1 Å². The third-order valence-electron chi connectivity index (χ3n) is 3.38. The van der Waals surface area contributed by atoms with Crippen LogP contribution in [0.3, 0.4) is 0 Å². The molecule has 0 atom stereocenters. The Labute approximate surface area is 151 Å². The van der Waals surface area contributed by atoms with Crippen molar-refractivity contribution in [2.45, 2.75) is 24.3 Å². The monoisotopic (exact) mass is 412 g/mol. The lowest BCUT2D eigenvalue weighted by molar-refractivity contribution is -0.141. The molecule has 0 bridgehead atoms. The maximum Gasteiger partial charge on any atom is 0.443 e. The SMILES string of the molecule is CCSc1nc(C(F)(F)F)sc1-c1nc2cc(C(F)(F)F)ncc2n1C. The number of nitrogens with zero attached hydrogens (tertiary/aromatic N) is 4. The number of imidazole rings is 1. The Bertz CT molecular complexity index is 957. The number of hydrogen-bond donors (Lipinski definition) is 0. The second-order valence-corrected chi connectivity index (χ2v) is 7.39. The molecule has 0 unspecified atom stereocenters. The normalized spacial score (nSPS) is 12.9. The fourth-order valence-corrected chi connectivity index (χ4v) is 4.11. The summed E-state index contributed by atoms with van der Waals surface area (Å²) in [5.41, 5.74) is -0.834. The molecule has 0 amide bonds. The molecule has 0 saturated carbocycles. The lowest BCUT2D eigenvalue weighted by atomic mass is 10.3. The van der Waals surface area contributed by atoms with Gasteiger partial charge in [-0.25, -0.2) is 15.0 Å². The molecule has 3 heterocycles. The van der Waals surface area contributed by atoms with E-state index < -0.39 is 23.1 Å². The van der Waals surface area contributed by atoms with Crippen molar-refractivity contribution in [1.82, 2.24) is 19.5 Å². The lowest BCUT2D eigenvalue weighted by Crippen LogP contribution is -2.07. The van der Waals surface area contributed by atoms with Crippen LogP contribution in [0.25, 0.3) is 21.7 Å². The van der Waals surface area contributed by atoms with Crippen LogP contribution in [0.5, 0.6) is 0 Å². The first-order valence-corrected chi connectivity index (χ1v) is 8.93. The van der Waals surface area contributed by atoms with Crippen molar-refractivity contribution in [3.63, 3.8) is 0 Å². The molecular formula is C14H10F6N4S2. The van der Waals surface area contributed by atoms with Gasteiger partial charge in [-0.1, -0.05) is 6.92 Å². The molecule has 0 spiro atoms. The van der Waals surface area contributed by atoms with E-state index >= 15 is 0 Å². The van der Waals surface area contributed by atoms with Crippen molar-refractivity contribution in [1.29, 1.82) is 0 Å². The second kappa shape index (κ2) is 6.41. The summed E-state index contributed by atoms with van der Waals surface area (Å²) in [6.07, 6.45) is -8.24. The van der Waals surface area contributed by atoms with Crippen LogP contribution < -0.4 is 0 Å². The molecule has 0 aliphatic carbocycles. The van der Waals surface area contributed by atoms with Gasteiger partial charge in [0.05, 0.1) is 17.2 Å². The van der Waals surface area contributed by atoms with E-state index in [0.717, 1.165) is 24.0 Å². The summed E-state index contributed by atoms with van der Waals surface area (Å²) < 4.78 is 78.9. The fourth-order valence-electron chi connectivity index (χ4n) is 2.25. The van der Waals surface area contributed by atoms with Crippen molar-refractivity contribution in [2.75, 3.05) is 5.75 Å². The molecule has 0 N–H and O–H groups in total. The Morgan fingerprint density at radius 2 is 1.81 bits per heavy atom. The van der Waals surface area contributed by atoms with Gasteiger partial charge in [0.15, 0.2) is 10.8 Å². The Morgan fingerprint density at radius 3 is 2.38 bits per heavy atom. The van der Waals surface area contributed by atoms with E-state index in [0.29, 0.717) is 17.1 Å². The minimum absolute atomic E-state index is 0.000711. The third-order valence-corrected chi connectivity index (χ3v) is 5.46. The van der Waals surface area contributed by atoms with Crippen molar-refractivity contribution >= 4 is 34.1 Å². The summed E-state index contributed by atoms with van der Waals surface area (Å²) in [6.45, 7) is 1.76. The van der Waals surface area contributed by atoms with Gasteiger partial charge in [0.1, 0.15) is 15.6 Å². The van der Waals surface area contributed by atoms with Crippen LogP contribution in [-0.4, -0.2) is 25.3 Å². The number of thiazole rings is 1. The molecule has 0 saturated heterocycles. The number of aromatic nitrogens is 4. The summed E-state index contributed by atoms with van der Waals surface area (Å²) in [7, 11) is 1.51. The first-order valence-electron chi connectivity index (χ1n) is 7.13. The zero-order valence-corrected chi connectivity index (χ0v) is 14.9. The number of alkyl halides is 6. The molecule has 0 fully saturated rings. The zero-order chi connectivity index (χ0) is 19.3. The first-order chi connectivity index (χ1) is 12.0. The van der Waals surface area contributed by atoms with E-state index in [-0.39, 0.29) is 26.8 Å². The number of halogens is 6. The minimum Gasteiger partial charge on any atom is -0.325 e. The molecule has 3 rings (SSSR count). The molecule has 12 heteroatoms. The zero-order valence-electron chi connectivity index (χ0n) is 13.2. The highest BCUT2D eigenvalue weighted by Crippen LogP contribution is 2.42. The van der Waals surface area contributed by atoms with Gasteiger partial charge >= 0.3 is 12.4 Å². The summed E-state index contributed by atoms with van der Waals surface area (Å²) >= 11 is 1.53. The Morgan fingerprint density at radius 1 is 1.12 bits per heavy atom. The highest BCUT2D eigenvalue weighted by molar-refractivity contribution is 7.99. The summed E-state index contributed by atoms with van der Waals surface area (Å²) in [6, 6.07) is 0.775. The molecule has 0 aliphatic heterocycles. The molecule has 0 aromatic carbocycles. The van der Waals surface area contributed by atoms with E-state index in [1.54, 1.807) is 6.92 Å². The van der Waals surface area contributed by atoms with Crippen LogP contribution in [0.15, 0.2) is 17.3 Å². The Hall–Kier alpha value is -1.82. The molecular weight excluding hydrogens is 402 g/mol. The van der Waals surface area contributed by atoms with E-state index in [9.17, 15) is 26.3 Å². The third kappa shape index (κ3) is 3.39. The summed E-state index contributed by atoms with van der Waals surface area (Å²) in [5.74, 6) is 0.600. The summed E-state index contributed by atoms with van der Waals surface area (Å²) in [4.78, 5) is 11.3. The maximum absolute atomic E-state index is 13.0. The van der Waals surface area contributed by atoms with Crippen LogP contribution in [0.1, 0.15) is 17.6 Å². The lowest BCUT2D eigenvalue weighted by Gasteiger charge is -2.04. The molecule has 3 aromatic heterocycles. The average molecular weight is 412 g/mol. The largest absolute Gasteiger partial charge is 0.443 e. The van der Waals surface area contributed by atoms with Crippen LogP contribution in [-0.2, 0) is 19.4 Å². The molecule has 0 aliphatic rings. The maximum atomic E-state index is 13.0. The summed E-state index contributed by atoms with van der Waals surface area (Å²) in [5, 5.41) is -0.878. The van der Waals surface area contributed by atoms with Crippen LogP contribution in [0.4, 0.5) is 26.3 Å². The standard InChI is InChI=1S/C14H10F6N4S2/c1-3-25-11-9(26-12(23-11)14(18,19)20)10-22-6-4-8(13(15,16)17)21-5-7(6)24(10)2/h4-5H,3H2,1-2H3. The van der Waals surface area contributed by atoms with Crippen molar-refractivity contribution in [2.24, 2.45) is 7.05 Å². The topological polar surface area (TPSA) is 43.6 Å². The van der Waals surface area contributed by atoms with Gasteiger partial charge in [0.25, 0.3) is 0 Å². The van der Waals surface area contributed by atoms with Gasteiger partial charge in [-0.3, -0.25) is 0 Å². The molecule has 3 aromatic rings. The molecule has 0 radical (unpaired) electrons. The fraction of sp³-hybridized carbons (Fsp3) is 0.357. The van der Waals surface area contributed by atoms with Crippen molar-refractivity contribution < 1.29 is 26.3 Å². The Balaban J connectivity index is 2.19. The highest BCUT2D eigenvalue weighted by atomic mass is 32.2. The number of fused-ring (bicyclic) bond motifs is 1. The van der Waals surface area contributed by atoms with Gasteiger partial charge in [-0.15, -0.1) is 23.1 Å². The Kier molecular flexibility index (Phi) is 4.67. The average Bonchev–Trinajstić information content (AvgIpc) is 3.08. The quantitative estimate of drug-likeness (QED) is 0.436. The second-order valence-electron chi connectivity index (χ2n) is 5.13. The molecule has 4 nitrogen and oxygen atoms in total. The number of rotatable bonds is 3. The van der Waals surface area contributed by atoms with E-state index in [1.807, 2.05) is 0 Å². The molecule has 26 heavy (non-hydrogen) atoms. The number of pyridine rings is 1. The minimum atomic E-state index is -4.64. The van der Waals surface area contributed by atoms with Gasteiger partial charge in [0, 0.05) is 7.05 Å². The van der Waals surface area contributed by atoms with Crippen LogP contribution in [0.2, 0.25) is 0 Å². The number of thioether (sulfide) groups is 1. The van der Waals surface area contributed by atoms with Crippen molar-refractivity contribution in [3.8, 4) is 10.7 Å². The first kappa shape index (κ1) is 19.0. The van der Waals surface area contributed by atoms with E-state index in [4.69, 9.17) is 0 Å². The van der Waals surface area contributed by atoms with Gasteiger partial charge < -0.3 is 4.57 Å². The molecule has 140 valence electrons. The van der Waals surface area contributed by atoms with Crippen molar-refractivity contribution in [3.05, 3.63) is 23.0 Å². The van der Waals surface area contributed by atoms with Gasteiger partial charge in [-0.2, -0.15) is 26.3 Å². The van der Waals surface area contributed by atoms with E-state index in [2.05, 4.69) is 15.0 Å².